The summed E-state index contributed by atoms with van der Waals surface area (Å²) in [4.78, 5) is 23.6. The first-order valence-electron chi connectivity index (χ1n) is 7.35. The highest BCUT2D eigenvalue weighted by Gasteiger charge is 2.37. The first-order chi connectivity index (χ1) is 12.1. The largest absolute Gasteiger partial charge is 0.451 e. The Morgan fingerprint density at radius 3 is 2.50 bits per heavy atom. The molecule has 0 spiro atoms. The number of hydrogen-bond acceptors (Lipinski definition) is 5. The van der Waals surface area contributed by atoms with E-state index in [1.165, 1.54) is 0 Å². The average molecular weight is 387 g/mol. The molecule has 0 aliphatic heterocycles. The molecule has 2 rings (SSSR count). The summed E-state index contributed by atoms with van der Waals surface area (Å²) in [6, 6.07) is 4.67. The van der Waals surface area contributed by atoms with E-state index in [0.29, 0.717) is 5.69 Å². The normalized spacial score (nSPS) is 11.3. The van der Waals surface area contributed by atoms with Gasteiger partial charge in [0.2, 0.25) is 11.7 Å². The van der Waals surface area contributed by atoms with Crippen molar-refractivity contribution < 1.29 is 22.8 Å². The first-order valence-corrected chi connectivity index (χ1v) is 8.34. The molecule has 0 saturated heterocycles. The number of alkyl halides is 3. The Bertz CT molecular complexity index is 835. The quantitative estimate of drug-likeness (QED) is 0.788. The molecule has 0 bridgehead atoms. The maximum Gasteiger partial charge on any atom is 0.451 e. The number of aromatic nitrogens is 3. The van der Waals surface area contributed by atoms with Gasteiger partial charge in [0, 0.05) is 12.7 Å². The summed E-state index contributed by atoms with van der Waals surface area (Å²) in [5.74, 6) is -2.12. The Morgan fingerprint density at radius 2 is 1.92 bits per heavy atom. The molecule has 0 aliphatic rings. The second kappa shape index (κ2) is 7.77. The highest BCUT2D eigenvalue weighted by atomic mass is 32.2. The van der Waals surface area contributed by atoms with Crippen LogP contribution >= 0.6 is 11.8 Å². The Kier molecular flexibility index (Phi) is 5.90. The molecular formula is C15H16F3N5O2S. The molecule has 0 aliphatic carbocycles. The number of aryl methyl sites for hydroxylation is 2. The van der Waals surface area contributed by atoms with E-state index in [4.69, 9.17) is 0 Å². The smallest absolute Gasteiger partial charge is 0.307 e. The predicted molar refractivity (Wildman–Crippen MR) is 89.8 cm³/mol. The lowest BCUT2D eigenvalue weighted by Gasteiger charge is -2.10. The van der Waals surface area contributed by atoms with Crippen LogP contribution in [0, 0.1) is 13.8 Å². The molecule has 2 aromatic rings. The summed E-state index contributed by atoms with van der Waals surface area (Å²) in [7, 11) is 1.15. The van der Waals surface area contributed by atoms with Gasteiger partial charge in [-0.1, -0.05) is 29.5 Å². The summed E-state index contributed by atoms with van der Waals surface area (Å²) in [6.45, 7) is 3.72. The van der Waals surface area contributed by atoms with Gasteiger partial charge in [-0.25, -0.2) is 4.79 Å². The van der Waals surface area contributed by atoms with Crippen molar-refractivity contribution in [2.24, 2.45) is 7.05 Å². The van der Waals surface area contributed by atoms with Crippen LogP contribution < -0.4 is 10.6 Å². The molecule has 0 fully saturated rings. The maximum atomic E-state index is 12.6. The first kappa shape index (κ1) is 19.8. The molecule has 7 nitrogen and oxygen atoms in total. The Hall–Kier alpha value is -2.56. The van der Waals surface area contributed by atoms with Gasteiger partial charge in [0.25, 0.3) is 0 Å². The lowest BCUT2D eigenvalue weighted by Crippen LogP contribution is -2.35. The number of imide groups is 1. The van der Waals surface area contributed by atoms with Gasteiger partial charge in [-0.15, -0.1) is 10.2 Å². The van der Waals surface area contributed by atoms with Crippen LogP contribution in [0.3, 0.4) is 0 Å². The molecule has 140 valence electrons. The molecule has 26 heavy (non-hydrogen) atoms. The van der Waals surface area contributed by atoms with Crippen LogP contribution in [0.25, 0.3) is 0 Å². The van der Waals surface area contributed by atoms with Crippen LogP contribution in [0.5, 0.6) is 0 Å². The Balaban J connectivity index is 1.89. The number of thioether (sulfide) groups is 1. The van der Waals surface area contributed by atoms with Crippen LogP contribution in [-0.2, 0) is 18.0 Å². The van der Waals surface area contributed by atoms with Crippen LogP contribution in [0.15, 0.2) is 23.4 Å². The Morgan fingerprint density at radius 1 is 1.23 bits per heavy atom. The molecule has 0 unspecified atom stereocenters. The van der Waals surface area contributed by atoms with Gasteiger partial charge in [0.15, 0.2) is 5.16 Å². The fourth-order valence-electron chi connectivity index (χ4n) is 2.09. The zero-order chi connectivity index (χ0) is 19.5. The lowest BCUT2D eigenvalue weighted by molar-refractivity contribution is -0.147. The third-order valence-electron chi connectivity index (χ3n) is 3.30. The molecule has 1 aromatic carbocycles. The minimum atomic E-state index is -4.63. The average Bonchev–Trinajstić information content (AvgIpc) is 2.89. The fraction of sp³-hybridized carbons (Fsp3) is 0.333. The van der Waals surface area contributed by atoms with Crippen molar-refractivity contribution in [2.75, 3.05) is 11.1 Å². The Labute approximate surface area is 151 Å². The summed E-state index contributed by atoms with van der Waals surface area (Å²) in [5.41, 5.74) is 2.42. The maximum absolute atomic E-state index is 12.6. The number of nitrogens with one attached hydrogen (secondary N) is 2. The number of rotatable bonds is 4. The van der Waals surface area contributed by atoms with E-state index in [9.17, 15) is 22.8 Å². The van der Waals surface area contributed by atoms with Crippen molar-refractivity contribution in [3.8, 4) is 0 Å². The molecule has 0 saturated carbocycles. The molecule has 0 atom stereocenters. The molecule has 1 aromatic heterocycles. The van der Waals surface area contributed by atoms with E-state index < -0.39 is 23.9 Å². The van der Waals surface area contributed by atoms with E-state index in [1.807, 2.05) is 26.0 Å². The topological polar surface area (TPSA) is 88.9 Å². The summed E-state index contributed by atoms with van der Waals surface area (Å²) >= 11 is 0.743. The zero-order valence-corrected chi connectivity index (χ0v) is 15.0. The van der Waals surface area contributed by atoms with Crippen molar-refractivity contribution in [3.05, 3.63) is 35.2 Å². The number of hydrogen-bond donors (Lipinski definition) is 2. The van der Waals surface area contributed by atoms with Crippen molar-refractivity contribution >= 4 is 29.4 Å². The van der Waals surface area contributed by atoms with Gasteiger partial charge in [-0.3, -0.25) is 10.1 Å². The monoisotopic (exact) mass is 387 g/mol. The SMILES string of the molecule is Cc1ccc(NC(=O)NC(=O)CSc2nnc(C(F)(F)F)n2C)c(C)c1. The van der Waals surface area contributed by atoms with Crippen molar-refractivity contribution in [3.63, 3.8) is 0 Å². The van der Waals surface area contributed by atoms with Gasteiger partial charge >= 0.3 is 12.2 Å². The highest BCUT2D eigenvalue weighted by molar-refractivity contribution is 7.99. The molecule has 2 N–H and O–H groups in total. The van der Waals surface area contributed by atoms with Crippen LogP contribution in [0.1, 0.15) is 17.0 Å². The number of nitrogens with zero attached hydrogens (tertiary/aromatic N) is 3. The molecule has 11 heteroatoms. The van der Waals surface area contributed by atoms with Crippen molar-refractivity contribution in [1.29, 1.82) is 0 Å². The van der Waals surface area contributed by atoms with E-state index in [-0.39, 0.29) is 10.9 Å². The van der Waals surface area contributed by atoms with Gasteiger partial charge < -0.3 is 9.88 Å². The minimum absolute atomic E-state index is 0.0812. The van der Waals surface area contributed by atoms with Crippen LogP contribution in [0.4, 0.5) is 23.7 Å². The van der Waals surface area contributed by atoms with E-state index in [0.717, 1.165) is 34.5 Å². The third-order valence-corrected chi connectivity index (χ3v) is 4.32. The third kappa shape index (κ3) is 4.97. The van der Waals surface area contributed by atoms with Gasteiger partial charge in [0.1, 0.15) is 0 Å². The van der Waals surface area contributed by atoms with Gasteiger partial charge in [0.05, 0.1) is 5.75 Å². The number of carbonyl (C=O) groups is 2. The van der Waals surface area contributed by atoms with E-state index in [2.05, 4.69) is 20.8 Å². The number of halogens is 3. The van der Waals surface area contributed by atoms with Gasteiger partial charge in [-0.05, 0) is 25.5 Å². The number of benzene rings is 1. The lowest BCUT2D eigenvalue weighted by atomic mass is 10.1. The second-order valence-corrected chi connectivity index (χ2v) is 6.41. The van der Waals surface area contributed by atoms with E-state index >= 15 is 0 Å². The number of amides is 3. The number of carbonyl (C=O) groups excluding carboxylic acids is 2. The van der Waals surface area contributed by atoms with Crippen LogP contribution in [0.2, 0.25) is 0 Å². The summed E-state index contributed by atoms with van der Waals surface area (Å²) < 4.78 is 38.6. The zero-order valence-electron chi connectivity index (χ0n) is 14.1. The van der Waals surface area contributed by atoms with Gasteiger partial charge in [-0.2, -0.15) is 13.2 Å². The molecule has 0 radical (unpaired) electrons. The van der Waals surface area contributed by atoms with E-state index in [1.54, 1.807) is 6.07 Å². The molecular weight excluding hydrogens is 371 g/mol. The standard InChI is InChI=1S/C15H16F3N5O2S/c1-8-4-5-10(9(2)6-8)19-13(25)20-11(24)7-26-14-22-21-12(23(14)3)15(16,17)18/h4-6H,7H2,1-3H3,(H2,19,20,24,25). The van der Waals surface area contributed by atoms with Crippen molar-refractivity contribution in [1.82, 2.24) is 20.1 Å². The predicted octanol–water partition coefficient (Wildman–Crippen LogP) is 2.89. The second-order valence-electron chi connectivity index (χ2n) is 5.47. The minimum Gasteiger partial charge on any atom is -0.307 e. The summed E-state index contributed by atoms with van der Waals surface area (Å²) in [6.07, 6.45) is -4.63. The molecule has 1 heterocycles. The number of anilines is 1. The number of urea groups is 1. The van der Waals surface area contributed by atoms with Crippen molar-refractivity contribution in [2.45, 2.75) is 25.2 Å². The molecule has 3 amide bonds. The fourth-order valence-corrected chi connectivity index (χ4v) is 2.80. The highest BCUT2D eigenvalue weighted by Crippen LogP contribution is 2.29. The van der Waals surface area contributed by atoms with Crippen LogP contribution in [-0.4, -0.2) is 32.5 Å². The summed E-state index contributed by atoms with van der Waals surface area (Å²) in [5, 5.41) is 11.0.